The fraction of sp³-hybridized carbons (Fsp3) is 0.278. The Kier molecular flexibility index (Phi) is 4.41. The molecule has 9 heteroatoms. The zero-order valence-corrected chi connectivity index (χ0v) is 14.5. The molecule has 4 rings (SSSR count). The smallest absolute Gasteiger partial charge is 0.293 e. The predicted octanol–water partition coefficient (Wildman–Crippen LogP) is 2.17. The van der Waals surface area contributed by atoms with Gasteiger partial charge < -0.3 is 10.2 Å². The van der Waals surface area contributed by atoms with Crippen molar-refractivity contribution in [3.05, 3.63) is 64.1 Å². The van der Waals surface area contributed by atoms with E-state index in [0.717, 1.165) is 25.9 Å². The van der Waals surface area contributed by atoms with Crippen LogP contribution in [-0.4, -0.2) is 38.5 Å². The number of nitrogens with one attached hydrogen (secondary N) is 1. The van der Waals surface area contributed by atoms with Gasteiger partial charge in [0.15, 0.2) is 11.5 Å². The van der Waals surface area contributed by atoms with E-state index in [1.165, 1.54) is 6.07 Å². The van der Waals surface area contributed by atoms with Gasteiger partial charge in [-0.05, 0) is 37.1 Å². The minimum Gasteiger partial charge on any atom is -0.366 e. The van der Waals surface area contributed by atoms with E-state index >= 15 is 0 Å². The van der Waals surface area contributed by atoms with Crippen molar-refractivity contribution in [3.8, 4) is 0 Å². The molecule has 1 aromatic carbocycles. The summed E-state index contributed by atoms with van der Waals surface area (Å²) in [7, 11) is 0. The number of nitro benzene ring substituents is 1. The van der Waals surface area contributed by atoms with Gasteiger partial charge in [-0.25, -0.2) is 0 Å². The third-order valence-electron chi connectivity index (χ3n) is 4.67. The first-order valence-corrected chi connectivity index (χ1v) is 8.74. The fourth-order valence-corrected chi connectivity index (χ4v) is 3.31. The molecule has 0 atom stereocenters. The highest BCUT2D eigenvalue weighted by atomic mass is 16.6. The van der Waals surface area contributed by atoms with Crippen molar-refractivity contribution in [3.63, 3.8) is 0 Å². The topological polar surface area (TPSA) is 106 Å². The van der Waals surface area contributed by atoms with E-state index in [2.05, 4.69) is 15.5 Å². The molecule has 1 N–H and O–H groups in total. The van der Waals surface area contributed by atoms with Gasteiger partial charge in [0.25, 0.3) is 11.6 Å². The summed E-state index contributed by atoms with van der Waals surface area (Å²) in [5.74, 6) is 0.195. The van der Waals surface area contributed by atoms with Crippen molar-refractivity contribution < 1.29 is 9.72 Å². The van der Waals surface area contributed by atoms with Crippen LogP contribution in [0.5, 0.6) is 0 Å². The van der Waals surface area contributed by atoms with Crippen LogP contribution in [0.2, 0.25) is 0 Å². The summed E-state index contributed by atoms with van der Waals surface area (Å²) in [6.45, 7) is 1.77. The van der Waals surface area contributed by atoms with E-state index in [1.807, 2.05) is 29.3 Å². The summed E-state index contributed by atoms with van der Waals surface area (Å²) in [4.78, 5) is 25.5. The number of rotatable bonds is 5. The Morgan fingerprint density at radius 1 is 1.19 bits per heavy atom. The molecule has 138 valence electrons. The number of pyridine rings is 1. The van der Waals surface area contributed by atoms with Crippen molar-refractivity contribution in [2.24, 2.45) is 0 Å². The monoisotopic (exact) mass is 366 g/mol. The van der Waals surface area contributed by atoms with E-state index in [1.54, 1.807) is 16.5 Å². The molecule has 1 aliphatic heterocycles. The third-order valence-corrected chi connectivity index (χ3v) is 4.67. The molecule has 1 amide bonds. The fourth-order valence-electron chi connectivity index (χ4n) is 3.31. The molecule has 0 unspecified atom stereocenters. The average Bonchev–Trinajstić information content (AvgIpc) is 3.35. The number of hydrogen-bond acceptors (Lipinski definition) is 6. The van der Waals surface area contributed by atoms with Crippen LogP contribution < -0.4 is 10.2 Å². The highest BCUT2D eigenvalue weighted by Crippen LogP contribution is 2.31. The number of amides is 1. The molecule has 1 saturated heterocycles. The van der Waals surface area contributed by atoms with E-state index < -0.39 is 10.8 Å². The molecule has 3 heterocycles. The van der Waals surface area contributed by atoms with Gasteiger partial charge in [-0.3, -0.25) is 19.3 Å². The molecule has 1 fully saturated rings. The summed E-state index contributed by atoms with van der Waals surface area (Å²) >= 11 is 0. The lowest BCUT2D eigenvalue weighted by Crippen LogP contribution is -2.24. The molecule has 0 bridgehead atoms. The maximum atomic E-state index is 12.5. The lowest BCUT2D eigenvalue weighted by atomic mass is 10.1. The Morgan fingerprint density at radius 2 is 2.00 bits per heavy atom. The molecule has 0 radical (unpaired) electrons. The molecule has 0 aliphatic carbocycles. The SMILES string of the molecule is O=C(NCc1nnc2ccccn12)c1ccc(N2CCCC2)c([N+](=O)[O-])c1. The second-order valence-electron chi connectivity index (χ2n) is 6.38. The van der Waals surface area contributed by atoms with Crippen LogP contribution >= 0.6 is 0 Å². The maximum Gasteiger partial charge on any atom is 0.293 e. The number of carbonyl (C=O) groups excluding carboxylic acids is 1. The molecule has 3 aromatic rings. The van der Waals surface area contributed by atoms with E-state index in [0.29, 0.717) is 17.2 Å². The highest BCUT2D eigenvalue weighted by molar-refractivity contribution is 5.95. The van der Waals surface area contributed by atoms with Crippen LogP contribution in [0.4, 0.5) is 11.4 Å². The predicted molar refractivity (Wildman–Crippen MR) is 98.7 cm³/mol. The van der Waals surface area contributed by atoms with Gasteiger partial charge in [0.05, 0.1) is 11.5 Å². The molecule has 27 heavy (non-hydrogen) atoms. The van der Waals surface area contributed by atoms with E-state index in [9.17, 15) is 14.9 Å². The van der Waals surface area contributed by atoms with Crippen molar-refractivity contribution in [1.82, 2.24) is 19.9 Å². The van der Waals surface area contributed by atoms with Gasteiger partial charge in [0.1, 0.15) is 5.69 Å². The molecule has 0 saturated carbocycles. The Hall–Kier alpha value is -3.49. The zero-order valence-electron chi connectivity index (χ0n) is 14.5. The van der Waals surface area contributed by atoms with Gasteiger partial charge in [-0.1, -0.05) is 6.07 Å². The number of fused-ring (bicyclic) bond motifs is 1. The number of carbonyl (C=O) groups is 1. The number of benzene rings is 1. The Bertz CT molecular complexity index is 1010. The lowest BCUT2D eigenvalue weighted by molar-refractivity contribution is -0.384. The molecule has 1 aliphatic rings. The number of anilines is 1. The second-order valence-corrected chi connectivity index (χ2v) is 6.38. The van der Waals surface area contributed by atoms with Gasteiger partial charge >= 0.3 is 0 Å². The highest BCUT2D eigenvalue weighted by Gasteiger charge is 2.24. The summed E-state index contributed by atoms with van der Waals surface area (Å²) in [6.07, 6.45) is 3.85. The average molecular weight is 366 g/mol. The van der Waals surface area contributed by atoms with Crippen LogP contribution in [0.15, 0.2) is 42.6 Å². The number of aromatic nitrogens is 3. The summed E-state index contributed by atoms with van der Waals surface area (Å²) in [5, 5.41) is 22.3. The van der Waals surface area contributed by atoms with Crippen LogP contribution in [0.3, 0.4) is 0 Å². The molecular weight excluding hydrogens is 348 g/mol. The molecule has 9 nitrogen and oxygen atoms in total. The van der Waals surface area contributed by atoms with Gasteiger partial charge in [-0.2, -0.15) is 0 Å². The Morgan fingerprint density at radius 3 is 2.78 bits per heavy atom. The van der Waals surface area contributed by atoms with Gasteiger partial charge in [-0.15, -0.1) is 10.2 Å². The Balaban J connectivity index is 1.53. The van der Waals surface area contributed by atoms with Crippen LogP contribution in [-0.2, 0) is 6.54 Å². The van der Waals surface area contributed by atoms with Crippen LogP contribution in [0.25, 0.3) is 5.65 Å². The number of nitrogens with zero attached hydrogens (tertiary/aromatic N) is 5. The first kappa shape index (κ1) is 17.0. The van der Waals surface area contributed by atoms with E-state index in [4.69, 9.17) is 0 Å². The zero-order chi connectivity index (χ0) is 18.8. The summed E-state index contributed by atoms with van der Waals surface area (Å²) in [6, 6.07) is 10.1. The van der Waals surface area contributed by atoms with Crippen LogP contribution in [0.1, 0.15) is 29.0 Å². The van der Waals surface area contributed by atoms with Crippen LogP contribution in [0, 0.1) is 10.1 Å². The van der Waals surface area contributed by atoms with Crippen molar-refractivity contribution in [2.75, 3.05) is 18.0 Å². The van der Waals surface area contributed by atoms with Crippen molar-refractivity contribution in [1.29, 1.82) is 0 Å². The minimum absolute atomic E-state index is 0.0440. The number of nitro groups is 1. The largest absolute Gasteiger partial charge is 0.366 e. The summed E-state index contributed by atoms with van der Waals surface area (Å²) in [5.41, 5.74) is 1.46. The standard InChI is InChI=1S/C18H18N6O3/c25-18(19-12-17-21-20-16-5-1-2-10-23(16)17)13-6-7-14(15(11-13)24(26)27)22-8-3-4-9-22/h1-2,5-7,10-11H,3-4,8-9,12H2,(H,19,25). The van der Waals surface area contributed by atoms with Crippen molar-refractivity contribution >= 4 is 22.9 Å². The Labute approximate surface area is 154 Å². The number of hydrogen-bond donors (Lipinski definition) is 1. The molecule has 2 aromatic heterocycles. The molecular formula is C18H18N6O3. The molecule has 0 spiro atoms. The lowest BCUT2D eigenvalue weighted by Gasteiger charge is -2.17. The van der Waals surface area contributed by atoms with Gasteiger partial charge in [0.2, 0.25) is 0 Å². The van der Waals surface area contributed by atoms with Crippen molar-refractivity contribution in [2.45, 2.75) is 19.4 Å². The third kappa shape index (κ3) is 3.31. The van der Waals surface area contributed by atoms with Gasteiger partial charge in [0, 0.05) is 30.9 Å². The minimum atomic E-state index is -0.434. The van der Waals surface area contributed by atoms with E-state index in [-0.39, 0.29) is 17.8 Å². The quantitative estimate of drug-likeness (QED) is 0.548. The normalized spacial score (nSPS) is 13.9. The second kappa shape index (κ2) is 7.02. The first-order valence-electron chi connectivity index (χ1n) is 8.74. The maximum absolute atomic E-state index is 12.5. The summed E-state index contributed by atoms with van der Waals surface area (Å²) < 4.78 is 1.78. The first-order chi connectivity index (χ1) is 13.1.